The number of morpholine rings is 1. The lowest BCUT2D eigenvalue weighted by molar-refractivity contribution is 0.00696. The van der Waals surface area contributed by atoms with E-state index in [2.05, 4.69) is 28.4 Å². The highest BCUT2D eigenvalue weighted by atomic mass is 16.6. The first-order valence-corrected chi connectivity index (χ1v) is 12.4. The van der Waals surface area contributed by atoms with E-state index in [4.69, 9.17) is 9.47 Å². The van der Waals surface area contributed by atoms with Crippen molar-refractivity contribution < 1.29 is 14.3 Å². The minimum atomic E-state index is -0.515. The van der Waals surface area contributed by atoms with E-state index in [0.29, 0.717) is 18.8 Å². The predicted octanol–water partition coefficient (Wildman–Crippen LogP) is 5.85. The molecule has 1 aliphatic heterocycles. The molecule has 0 spiro atoms. The summed E-state index contributed by atoms with van der Waals surface area (Å²) < 4.78 is 11.2. The minimum absolute atomic E-state index is 0.283. The van der Waals surface area contributed by atoms with E-state index >= 15 is 0 Å². The van der Waals surface area contributed by atoms with Gasteiger partial charge in [0.1, 0.15) is 5.60 Å². The molecule has 0 aromatic heterocycles. The van der Waals surface area contributed by atoms with Crippen LogP contribution in [0.25, 0.3) is 0 Å². The topological polar surface area (TPSA) is 50.8 Å². The van der Waals surface area contributed by atoms with Gasteiger partial charge in [0, 0.05) is 19.6 Å². The summed E-state index contributed by atoms with van der Waals surface area (Å²) in [5.74, 6) is 1.24. The highest BCUT2D eigenvalue weighted by Crippen LogP contribution is 2.45. The van der Waals surface area contributed by atoms with Gasteiger partial charge in [-0.05, 0) is 93.2 Å². The number of esters is 1. The summed E-state index contributed by atoms with van der Waals surface area (Å²) in [6.45, 7) is 9.50. The van der Waals surface area contributed by atoms with Crippen molar-refractivity contribution in [1.29, 1.82) is 0 Å². The molecule has 0 amide bonds. The first-order chi connectivity index (χ1) is 15.9. The summed E-state index contributed by atoms with van der Waals surface area (Å²) in [7, 11) is 0. The number of anilines is 2. The van der Waals surface area contributed by atoms with Crippen LogP contribution in [0.4, 0.5) is 11.4 Å². The Hall–Kier alpha value is -2.53. The fourth-order valence-corrected chi connectivity index (χ4v) is 4.56. The Bertz CT molecular complexity index is 982. The van der Waals surface area contributed by atoms with Crippen molar-refractivity contribution in [1.82, 2.24) is 0 Å². The molecule has 3 aliphatic rings. The second kappa shape index (κ2) is 9.02. The highest BCUT2D eigenvalue weighted by Gasteiger charge is 2.28. The summed E-state index contributed by atoms with van der Waals surface area (Å²) >= 11 is 0. The monoisotopic (exact) mass is 448 g/mol. The Morgan fingerprint density at radius 2 is 1.64 bits per heavy atom. The van der Waals surface area contributed by atoms with Gasteiger partial charge in [-0.2, -0.15) is 0 Å². The first kappa shape index (κ1) is 22.3. The molecule has 1 heterocycles. The maximum atomic E-state index is 12.7. The van der Waals surface area contributed by atoms with E-state index in [1.165, 1.54) is 42.4 Å². The molecule has 1 saturated heterocycles. The number of nitrogens with zero attached hydrogens (tertiary/aromatic N) is 1. The van der Waals surface area contributed by atoms with Crippen molar-refractivity contribution in [3.8, 4) is 0 Å². The van der Waals surface area contributed by atoms with E-state index in [9.17, 15) is 4.79 Å². The molecule has 0 atom stereocenters. The molecule has 1 N–H and O–H groups in total. The second-order valence-electron chi connectivity index (χ2n) is 10.7. The standard InChI is InChI=1S/C28H36N2O3/c1-28(2,3)33-27(31)22-8-9-25(26(17-22)30-10-12-32-13-11-30)29-18-19-14-23(20-4-5-20)16-24(15-19)21-6-7-21/h8-9,14-17,20-21,29H,4-7,10-13,18H2,1-3H3. The second-order valence-corrected chi connectivity index (χ2v) is 10.7. The molecular weight excluding hydrogens is 412 g/mol. The van der Waals surface area contributed by atoms with E-state index in [-0.39, 0.29) is 5.97 Å². The molecule has 2 aliphatic carbocycles. The van der Waals surface area contributed by atoms with Crippen LogP contribution in [0, 0.1) is 0 Å². The smallest absolute Gasteiger partial charge is 0.338 e. The number of rotatable bonds is 7. The van der Waals surface area contributed by atoms with Crippen molar-refractivity contribution in [2.24, 2.45) is 0 Å². The number of ether oxygens (including phenoxy) is 2. The first-order valence-electron chi connectivity index (χ1n) is 12.4. The molecule has 2 saturated carbocycles. The maximum absolute atomic E-state index is 12.7. The van der Waals surface area contributed by atoms with E-state index in [0.717, 1.165) is 42.8 Å². The SMILES string of the molecule is CC(C)(C)OC(=O)c1ccc(NCc2cc(C3CC3)cc(C3CC3)c2)c(N2CCOCC2)c1. The van der Waals surface area contributed by atoms with Gasteiger partial charge in [0.2, 0.25) is 0 Å². The highest BCUT2D eigenvalue weighted by molar-refractivity contribution is 5.92. The normalized spacial score (nSPS) is 18.8. The van der Waals surface area contributed by atoms with E-state index in [1.54, 1.807) is 0 Å². The van der Waals surface area contributed by atoms with Gasteiger partial charge < -0.3 is 19.7 Å². The number of hydrogen-bond acceptors (Lipinski definition) is 5. The molecule has 5 rings (SSSR count). The number of carbonyl (C=O) groups is 1. The molecule has 176 valence electrons. The molecule has 5 heteroatoms. The van der Waals surface area contributed by atoms with Crippen molar-refractivity contribution in [2.75, 3.05) is 36.5 Å². The third kappa shape index (κ3) is 5.70. The van der Waals surface area contributed by atoms with Crippen LogP contribution < -0.4 is 10.2 Å². The molecule has 5 nitrogen and oxygen atoms in total. The van der Waals surface area contributed by atoms with E-state index < -0.39 is 5.60 Å². The van der Waals surface area contributed by atoms with Gasteiger partial charge in [-0.3, -0.25) is 0 Å². The van der Waals surface area contributed by atoms with Gasteiger partial charge >= 0.3 is 5.97 Å². The Morgan fingerprint density at radius 1 is 1.00 bits per heavy atom. The third-order valence-electron chi connectivity index (χ3n) is 6.60. The Labute approximate surface area is 197 Å². The molecule has 3 fully saturated rings. The Morgan fingerprint density at radius 3 is 2.21 bits per heavy atom. The van der Waals surface area contributed by atoms with Crippen molar-refractivity contribution in [3.05, 3.63) is 58.7 Å². The number of carbonyl (C=O) groups excluding carboxylic acids is 1. The minimum Gasteiger partial charge on any atom is -0.456 e. The largest absolute Gasteiger partial charge is 0.456 e. The Balaban J connectivity index is 1.38. The molecule has 0 bridgehead atoms. The number of benzene rings is 2. The van der Waals surface area contributed by atoms with Crippen molar-refractivity contribution in [3.63, 3.8) is 0 Å². The van der Waals surface area contributed by atoms with Crippen LogP contribution in [0.1, 0.15) is 85.3 Å². The summed E-state index contributed by atoms with van der Waals surface area (Å²) in [5, 5.41) is 3.68. The van der Waals surface area contributed by atoms with Crippen LogP contribution in [0.5, 0.6) is 0 Å². The van der Waals surface area contributed by atoms with Gasteiger partial charge in [-0.25, -0.2) is 4.79 Å². The molecule has 0 radical (unpaired) electrons. The van der Waals surface area contributed by atoms with Gasteiger partial charge in [0.25, 0.3) is 0 Å². The molecular formula is C28H36N2O3. The van der Waals surface area contributed by atoms with Crippen molar-refractivity contribution in [2.45, 2.75) is 70.4 Å². The number of hydrogen-bond donors (Lipinski definition) is 1. The average Bonchev–Trinajstić information content (AvgIpc) is 3.70. The summed E-state index contributed by atoms with van der Waals surface area (Å²) in [5.41, 5.74) is 6.55. The molecule has 2 aromatic rings. The molecule has 33 heavy (non-hydrogen) atoms. The number of nitrogens with one attached hydrogen (secondary N) is 1. The Kier molecular flexibility index (Phi) is 6.09. The van der Waals surface area contributed by atoms with Gasteiger partial charge in [0.05, 0.1) is 30.2 Å². The summed E-state index contributed by atoms with van der Waals surface area (Å²) in [4.78, 5) is 15.0. The van der Waals surface area contributed by atoms with Crippen LogP contribution in [0.3, 0.4) is 0 Å². The van der Waals surface area contributed by atoms with Crippen molar-refractivity contribution >= 4 is 17.3 Å². The predicted molar refractivity (Wildman–Crippen MR) is 132 cm³/mol. The van der Waals surface area contributed by atoms with Crippen LogP contribution in [-0.2, 0) is 16.0 Å². The third-order valence-corrected chi connectivity index (χ3v) is 6.60. The van der Waals surface area contributed by atoms with Crippen LogP contribution >= 0.6 is 0 Å². The van der Waals surface area contributed by atoms with E-state index in [1.807, 2.05) is 39.0 Å². The quantitative estimate of drug-likeness (QED) is 0.539. The average molecular weight is 449 g/mol. The van der Waals surface area contributed by atoms with Crippen LogP contribution in [0.15, 0.2) is 36.4 Å². The molecule has 2 aromatic carbocycles. The lowest BCUT2D eigenvalue weighted by atomic mass is 9.99. The lowest BCUT2D eigenvalue weighted by Crippen LogP contribution is -2.36. The zero-order valence-electron chi connectivity index (χ0n) is 20.2. The van der Waals surface area contributed by atoms with Crippen LogP contribution in [0.2, 0.25) is 0 Å². The van der Waals surface area contributed by atoms with Gasteiger partial charge in [-0.1, -0.05) is 18.2 Å². The van der Waals surface area contributed by atoms with Gasteiger partial charge in [0.15, 0.2) is 0 Å². The molecule has 0 unspecified atom stereocenters. The van der Waals surface area contributed by atoms with Crippen LogP contribution in [-0.4, -0.2) is 37.9 Å². The lowest BCUT2D eigenvalue weighted by Gasteiger charge is -2.31. The summed E-state index contributed by atoms with van der Waals surface area (Å²) in [6.07, 6.45) is 5.31. The fourth-order valence-electron chi connectivity index (χ4n) is 4.56. The zero-order valence-corrected chi connectivity index (χ0v) is 20.2. The zero-order chi connectivity index (χ0) is 23.0. The maximum Gasteiger partial charge on any atom is 0.338 e. The summed E-state index contributed by atoms with van der Waals surface area (Å²) in [6, 6.07) is 13.1. The van der Waals surface area contributed by atoms with Gasteiger partial charge in [-0.15, -0.1) is 0 Å². The fraction of sp³-hybridized carbons (Fsp3) is 0.536.